The maximum Gasteiger partial charge on any atom is 0.397 e. The molecule has 0 saturated heterocycles. The van der Waals surface area contributed by atoms with Crippen LogP contribution in [0.2, 0.25) is 0 Å². The molecule has 0 fully saturated rings. The third-order valence-electron chi connectivity index (χ3n) is 1.48. The van der Waals surface area contributed by atoms with E-state index in [1.807, 2.05) is 0 Å². The van der Waals surface area contributed by atoms with E-state index < -0.39 is 11.6 Å². The number of nitro groups is 1. The molecule has 0 N–H and O–H groups in total. The number of aryl methyl sites for hydroxylation is 1. The molecular weight excluding hydrogens is 177 g/mol. The molecule has 0 radical (unpaired) electrons. The van der Waals surface area contributed by atoms with Crippen molar-refractivity contribution >= 4 is 11.9 Å². The zero-order valence-corrected chi connectivity index (χ0v) is 6.81. The maximum absolute atomic E-state index is 11.9. The molecule has 0 aliphatic heterocycles. The van der Waals surface area contributed by atoms with Gasteiger partial charge in [-0.15, -0.1) is 0 Å². The van der Waals surface area contributed by atoms with Crippen LogP contribution in [0.15, 0.2) is 12.8 Å². The van der Waals surface area contributed by atoms with Crippen LogP contribution in [0, 0.1) is 10.1 Å². The van der Waals surface area contributed by atoms with E-state index in [4.69, 9.17) is 0 Å². The van der Waals surface area contributed by atoms with Crippen LogP contribution in [-0.4, -0.2) is 21.4 Å². The molecule has 13 heavy (non-hydrogen) atoms. The Balaban J connectivity index is 3.04. The van der Waals surface area contributed by atoms with E-state index in [2.05, 4.69) is 11.7 Å². The highest BCUT2D eigenvalue weighted by Crippen LogP contribution is 2.16. The summed E-state index contributed by atoms with van der Waals surface area (Å²) in [6.07, 6.45) is 2.71. The van der Waals surface area contributed by atoms with E-state index in [9.17, 15) is 14.5 Å². The van der Waals surface area contributed by atoms with Crippen molar-refractivity contribution in [3.8, 4) is 0 Å². The van der Waals surface area contributed by atoms with E-state index >= 15 is 0 Å². The lowest BCUT2D eigenvalue weighted by Crippen LogP contribution is -2.00. The van der Waals surface area contributed by atoms with E-state index in [1.54, 1.807) is 0 Å². The zero-order valence-electron chi connectivity index (χ0n) is 6.81. The van der Waals surface area contributed by atoms with Crippen LogP contribution < -0.4 is 0 Å². The molecule has 1 rings (SSSR count). The van der Waals surface area contributed by atoms with Crippen molar-refractivity contribution in [2.45, 2.75) is 6.54 Å². The van der Waals surface area contributed by atoms with Crippen molar-refractivity contribution in [3.05, 3.63) is 28.5 Å². The normalized spacial score (nSPS) is 9.92. The highest BCUT2D eigenvalue weighted by molar-refractivity contribution is 5.54. The minimum atomic E-state index is -0.619. The second-order valence-electron chi connectivity index (χ2n) is 2.32. The summed E-state index contributed by atoms with van der Waals surface area (Å²) in [7, 11) is 0. The molecule has 0 aliphatic carbocycles. The molecule has 70 valence electrons. The number of nitrogens with zero attached hydrogens (tertiary/aromatic N) is 3. The number of hydrogen-bond acceptors (Lipinski definition) is 3. The van der Waals surface area contributed by atoms with Crippen molar-refractivity contribution in [2.75, 3.05) is 6.67 Å². The summed E-state index contributed by atoms with van der Waals surface area (Å²) in [5, 5.41) is 14.0. The van der Waals surface area contributed by atoms with Gasteiger partial charge in [0.1, 0.15) is 6.67 Å². The Morgan fingerprint density at radius 2 is 2.54 bits per heavy atom. The molecule has 0 amide bonds. The predicted octanol–water partition coefficient (Wildman–Crippen LogP) is 1.40. The number of hydrogen-bond donors (Lipinski definition) is 0. The highest BCUT2D eigenvalue weighted by Gasteiger charge is 2.17. The number of halogens is 1. The van der Waals surface area contributed by atoms with Gasteiger partial charge in [-0.2, -0.15) is 4.68 Å². The maximum atomic E-state index is 11.9. The third-order valence-corrected chi connectivity index (χ3v) is 1.48. The topological polar surface area (TPSA) is 61.0 Å². The van der Waals surface area contributed by atoms with Crippen LogP contribution in [-0.2, 0) is 6.54 Å². The quantitative estimate of drug-likeness (QED) is 0.526. The smallest absolute Gasteiger partial charge is 0.358 e. The van der Waals surface area contributed by atoms with E-state index in [0.29, 0.717) is 5.56 Å². The molecule has 0 unspecified atom stereocenters. The van der Waals surface area contributed by atoms with Crippen LogP contribution in [0.5, 0.6) is 0 Å². The van der Waals surface area contributed by atoms with Crippen molar-refractivity contribution in [2.24, 2.45) is 0 Å². The Morgan fingerprint density at radius 3 is 2.92 bits per heavy atom. The van der Waals surface area contributed by atoms with Gasteiger partial charge in [-0.3, -0.25) is 0 Å². The van der Waals surface area contributed by atoms with Crippen LogP contribution in [0.25, 0.3) is 6.08 Å². The van der Waals surface area contributed by atoms with Crippen LogP contribution in [0.1, 0.15) is 5.56 Å². The summed E-state index contributed by atoms with van der Waals surface area (Å²) in [5.41, 5.74) is 0.304. The zero-order chi connectivity index (χ0) is 9.84. The van der Waals surface area contributed by atoms with Gasteiger partial charge in [0.05, 0.1) is 23.4 Å². The van der Waals surface area contributed by atoms with Crippen molar-refractivity contribution in [1.29, 1.82) is 0 Å². The Bertz CT molecular complexity index is 334. The van der Waals surface area contributed by atoms with Crippen molar-refractivity contribution < 1.29 is 9.31 Å². The van der Waals surface area contributed by atoms with Gasteiger partial charge in [0.2, 0.25) is 0 Å². The highest BCUT2D eigenvalue weighted by atomic mass is 19.1. The molecule has 1 aromatic heterocycles. The van der Waals surface area contributed by atoms with Crippen molar-refractivity contribution in [3.63, 3.8) is 0 Å². The summed E-state index contributed by atoms with van der Waals surface area (Å²) in [4.78, 5) is 9.77. The second-order valence-corrected chi connectivity index (χ2v) is 2.32. The lowest BCUT2D eigenvalue weighted by Gasteiger charge is -1.87. The standard InChI is InChI=1S/C7H8FN3O2/c1-2-6-5-10(4-3-8)9-7(6)11(12)13/h2,5H,1,3-4H2. The van der Waals surface area contributed by atoms with Gasteiger partial charge < -0.3 is 10.1 Å². The van der Waals surface area contributed by atoms with E-state index in [1.165, 1.54) is 17.0 Å². The Labute approximate surface area is 73.6 Å². The first kappa shape index (κ1) is 9.37. The minimum Gasteiger partial charge on any atom is -0.358 e. The number of aromatic nitrogens is 2. The van der Waals surface area contributed by atoms with Gasteiger partial charge in [-0.25, -0.2) is 4.39 Å². The summed E-state index contributed by atoms with van der Waals surface area (Å²) in [5.74, 6) is -0.288. The SMILES string of the molecule is C=Cc1cn(CCF)nc1[N+](=O)[O-]. The molecule has 1 heterocycles. The van der Waals surface area contributed by atoms with Crippen LogP contribution in [0.3, 0.4) is 0 Å². The molecule has 0 bridgehead atoms. The van der Waals surface area contributed by atoms with Gasteiger partial charge in [0.25, 0.3) is 0 Å². The molecule has 0 aliphatic rings. The fourth-order valence-electron chi connectivity index (χ4n) is 0.914. The molecule has 0 atom stereocenters. The number of rotatable bonds is 4. The average molecular weight is 185 g/mol. The number of alkyl halides is 1. The monoisotopic (exact) mass is 185 g/mol. The summed E-state index contributed by atoms with van der Waals surface area (Å²) < 4.78 is 13.1. The first-order valence-electron chi connectivity index (χ1n) is 3.59. The minimum absolute atomic E-state index is 0.0225. The lowest BCUT2D eigenvalue weighted by molar-refractivity contribution is -0.390. The van der Waals surface area contributed by atoms with Crippen LogP contribution in [0.4, 0.5) is 10.2 Å². The molecule has 5 nitrogen and oxygen atoms in total. The van der Waals surface area contributed by atoms with E-state index in [-0.39, 0.29) is 12.4 Å². The summed E-state index contributed by atoms with van der Waals surface area (Å²) in [6, 6.07) is 0. The summed E-state index contributed by atoms with van der Waals surface area (Å²) >= 11 is 0. The second kappa shape index (κ2) is 3.79. The van der Waals surface area contributed by atoms with E-state index in [0.717, 1.165) is 0 Å². The fraction of sp³-hybridized carbons (Fsp3) is 0.286. The average Bonchev–Trinajstić information content (AvgIpc) is 2.48. The van der Waals surface area contributed by atoms with Crippen LogP contribution >= 0.6 is 0 Å². The fourth-order valence-corrected chi connectivity index (χ4v) is 0.914. The van der Waals surface area contributed by atoms with Gasteiger partial charge in [0.15, 0.2) is 0 Å². The molecular formula is C7H8FN3O2. The largest absolute Gasteiger partial charge is 0.397 e. The first-order chi connectivity index (χ1) is 6.19. The van der Waals surface area contributed by atoms with Gasteiger partial charge in [-0.05, 0) is 4.92 Å². The molecule has 0 saturated carbocycles. The van der Waals surface area contributed by atoms with Gasteiger partial charge >= 0.3 is 5.82 Å². The third kappa shape index (κ3) is 1.90. The molecule has 6 heteroatoms. The van der Waals surface area contributed by atoms with Gasteiger partial charge in [-0.1, -0.05) is 12.7 Å². The first-order valence-corrected chi connectivity index (χ1v) is 3.59. The molecule has 0 aromatic carbocycles. The Kier molecular flexibility index (Phi) is 2.73. The molecule has 1 aromatic rings. The lowest BCUT2D eigenvalue weighted by atomic mass is 10.3. The summed E-state index contributed by atoms with van der Waals surface area (Å²) in [6.45, 7) is 2.82. The van der Waals surface area contributed by atoms with Gasteiger partial charge in [0, 0.05) is 0 Å². The predicted molar refractivity (Wildman–Crippen MR) is 44.9 cm³/mol. The van der Waals surface area contributed by atoms with Crippen molar-refractivity contribution in [1.82, 2.24) is 9.78 Å². The Hall–Kier alpha value is -1.72. The molecule has 0 spiro atoms. The Morgan fingerprint density at radius 1 is 1.85 bits per heavy atom.